The molecule has 4 aromatic carbocycles. The zero-order valence-corrected chi connectivity index (χ0v) is 12.3. The summed E-state index contributed by atoms with van der Waals surface area (Å²) in [5.74, 6) is -0.0657. The van der Waals surface area contributed by atoms with Crippen molar-refractivity contribution in [1.29, 1.82) is 0 Å². The first-order chi connectivity index (χ1) is 11.1. The molecule has 0 amide bonds. The van der Waals surface area contributed by atoms with E-state index in [2.05, 4.69) is 52.4 Å². The molecule has 0 fully saturated rings. The molecule has 0 aliphatic rings. The van der Waals surface area contributed by atoms with E-state index in [0.29, 0.717) is 0 Å². The molecule has 0 unspecified atom stereocenters. The number of hydrogen-bond donors (Lipinski definition) is 3. The van der Waals surface area contributed by atoms with Crippen LogP contribution in [0, 0.1) is 0 Å². The van der Waals surface area contributed by atoms with Gasteiger partial charge in [-0.3, -0.25) is 0 Å². The van der Waals surface area contributed by atoms with E-state index in [0.717, 1.165) is 11.1 Å². The Balaban J connectivity index is 2.10. The third-order valence-corrected chi connectivity index (χ3v) is 3.98. The summed E-state index contributed by atoms with van der Waals surface area (Å²) in [6.45, 7) is 0. The summed E-state index contributed by atoms with van der Waals surface area (Å²) in [6.07, 6.45) is 0. The first kappa shape index (κ1) is 13.3. The fourth-order valence-corrected chi connectivity index (χ4v) is 3.10. The molecule has 0 aliphatic carbocycles. The first-order valence-electron chi connectivity index (χ1n) is 7.24. The maximum atomic E-state index is 5.78. The second kappa shape index (κ2) is 4.84. The lowest BCUT2D eigenvalue weighted by Gasteiger charge is -2.12. The number of rotatable bonds is 1. The molecule has 0 atom stereocenters. The van der Waals surface area contributed by atoms with Gasteiger partial charge in [0.05, 0.1) is 5.69 Å². The minimum atomic E-state index is -0.107. The predicted octanol–water partition coefficient (Wildman–Crippen LogP) is 2.80. The van der Waals surface area contributed by atoms with Gasteiger partial charge in [0.2, 0.25) is 5.96 Å². The fourth-order valence-electron chi connectivity index (χ4n) is 3.10. The Labute approximate surface area is 132 Å². The van der Waals surface area contributed by atoms with Crippen LogP contribution in [0.1, 0.15) is 0 Å². The van der Waals surface area contributed by atoms with E-state index < -0.39 is 0 Å². The average molecular weight is 301 g/mol. The lowest BCUT2D eigenvalue weighted by molar-refractivity contribution is 1.39. The van der Waals surface area contributed by atoms with Crippen molar-refractivity contribution in [3.8, 4) is 0 Å². The third kappa shape index (κ3) is 2.10. The molecule has 5 heteroatoms. The number of guanidine groups is 2. The van der Waals surface area contributed by atoms with Crippen LogP contribution in [0.5, 0.6) is 0 Å². The molecule has 0 aliphatic heterocycles. The van der Waals surface area contributed by atoms with Gasteiger partial charge in [-0.15, -0.1) is 0 Å². The lowest BCUT2D eigenvalue weighted by Crippen LogP contribution is -2.26. The number of nitrogens with two attached hydrogens (primary N) is 3. The first-order valence-corrected chi connectivity index (χ1v) is 7.24. The van der Waals surface area contributed by atoms with Crippen LogP contribution >= 0.6 is 0 Å². The van der Waals surface area contributed by atoms with Crippen LogP contribution in [0.25, 0.3) is 32.3 Å². The van der Waals surface area contributed by atoms with E-state index in [1.54, 1.807) is 0 Å². The molecular formula is C18H15N5. The van der Waals surface area contributed by atoms with Gasteiger partial charge >= 0.3 is 0 Å². The molecule has 5 nitrogen and oxygen atoms in total. The van der Waals surface area contributed by atoms with Crippen molar-refractivity contribution in [1.82, 2.24) is 0 Å². The lowest BCUT2D eigenvalue weighted by atomic mass is 9.94. The molecule has 0 saturated carbocycles. The van der Waals surface area contributed by atoms with Gasteiger partial charge < -0.3 is 17.2 Å². The molecule has 0 saturated heterocycles. The molecule has 6 N–H and O–H groups in total. The van der Waals surface area contributed by atoms with Crippen molar-refractivity contribution in [2.24, 2.45) is 27.2 Å². The smallest absolute Gasteiger partial charge is 0.223 e. The molecule has 23 heavy (non-hydrogen) atoms. The SMILES string of the molecule is NC(N)=NC(N)=Nc1ccc2ccc3cccc4ccc1c2c34. The van der Waals surface area contributed by atoms with Gasteiger partial charge in [0.15, 0.2) is 5.96 Å². The zero-order valence-electron chi connectivity index (χ0n) is 12.3. The van der Waals surface area contributed by atoms with Crippen LogP contribution in [0.4, 0.5) is 5.69 Å². The fraction of sp³-hybridized carbons (Fsp3) is 0. The highest BCUT2D eigenvalue weighted by atomic mass is 15.1. The molecule has 0 bridgehead atoms. The van der Waals surface area contributed by atoms with Crippen molar-refractivity contribution in [2.75, 3.05) is 0 Å². The van der Waals surface area contributed by atoms with Crippen LogP contribution in [0.3, 0.4) is 0 Å². The van der Waals surface area contributed by atoms with Gasteiger partial charge in [-0.1, -0.05) is 48.5 Å². The molecule has 0 aromatic heterocycles. The Hall–Kier alpha value is -3.34. The molecule has 4 rings (SSSR count). The topological polar surface area (TPSA) is 103 Å². The highest BCUT2D eigenvalue weighted by Crippen LogP contribution is 2.38. The summed E-state index contributed by atoms with van der Waals surface area (Å²) in [5.41, 5.74) is 17.2. The molecular weight excluding hydrogens is 286 g/mol. The molecule has 112 valence electrons. The maximum absolute atomic E-state index is 5.78. The average Bonchev–Trinajstić information content (AvgIpc) is 2.53. The summed E-state index contributed by atoms with van der Waals surface area (Å²) in [7, 11) is 0. The van der Waals surface area contributed by atoms with Crippen LogP contribution in [-0.4, -0.2) is 11.9 Å². The van der Waals surface area contributed by atoms with Gasteiger partial charge in [-0.05, 0) is 33.0 Å². The normalized spacial score (nSPS) is 12.3. The third-order valence-electron chi connectivity index (χ3n) is 3.98. The largest absolute Gasteiger partial charge is 0.370 e. The standard InChI is InChI=1S/C18H15N5/c19-17(20)23-18(21)22-14-9-7-12-5-4-10-2-1-3-11-6-8-13(14)16(12)15(10)11/h1-9H,(H6,19,20,21,22,23). The summed E-state index contributed by atoms with van der Waals surface area (Å²) in [4.78, 5) is 8.13. The van der Waals surface area contributed by atoms with Gasteiger partial charge in [-0.25, -0.2) is 4.99 Å². The monoisotopic (exact) mass is 301 g/mol. The number of nitrogens with zero attached hydrogens (tertiary/aromatic N) is 2. The Kier molecular flexibility index (Phi) is 2.81. The Bertz CT molecular complexity index is 1070. The maximum Gasteiger partial charge on any atom is 0.223 e. The molecule has 0 heterocycles. The number of aliphatic imine (C=N–C) groups is 2. The van der Waals surface area contributed by atoms with E-state index in [1.165, 1.54) is 26.9 Å². The number of hydrogen-bond acceptors (Lipinski definition) is 1. The molecule has 0 spiro atoms. The van der Waals surface area contributed by atoms with Gasteiger partial charge in [0.1, 0.15) is 0 Å². The van der Waals surface area contributed by atoms with E-state index in [1.807, 2.05) is 12.1 Å². The van der Waals surface area contributed by atoms with Crippen LogP contribution in [0.2, 0.25) is 0 Å². The van der Waals surface area contributed by atoms with Crippen LogP contribution in [-0.2, 0) is 0 Å². The van der Waals surface area contributed by atoms with Gasteiger partial charge in [-0.2, -0.15) is 4.99 Å². The predicted molar refractivity (Wildman–Crippen MR) is 97.2 cm³/mol. The van der Waals surface area contributed by atoms with Crippen molar-refractivity contribution in [3.05, 3.63) is 54.6 Å². The molecule has 0 radical (unpaired) electrons. The van der Waals surface area contributed by atoms with Crippen molar-refractivity contribution < 1.29 is 0 Å². The van der Waals surface area contributed by atoms with E-state index >= 15 is 0 Å². The summed E-state index contributed by atoms with van der Waals surface area (Å²) in [6, 6.07) is 18.7. The van der Waals surface area contributed by atoms with Crippen molar-refractivity contribution >= 4 is 49.9 Å². The Morgan fingerprint density at radius 1 is 0.696 bits per heavy atom. The summed E-state index contributed by atoms with van der Waals surface area (Å²) >= 11 is 0. The van der Waals surface area contributed by atoms with Gasteiger partial charge in [0.25, 0.3) is 0 Å². The van der Waals surface area contributed by atoms with Gasteiger partial charge in [0, 0.05) is 5.39 Å². The van der Waals surface area contributed by atoms with E-state index in [4.69, 9.17) is 17.2 Å². The van der Waals surface area contributed by atoms with E-state index in [-0.39, 0.29) is 11.9 Å². The highest BCUT2D eigenvalue weighted by Gasteiger charge is 2.10. The summed E-state index contributed by atoms with van der Waals surface area (Å²) < 4.78 is 0. The minimum Gasteiger partial charge on any atom is -0.370 e. The van der Waals surface area contributed by atoms with E-state index in [9.17, 15) is 0 Å². The van der Waals surface area contributed by atoms with Crippen LogP contribution < -0.4 is 17.2 Å². The second-order valence-corrected chi connectivity index (χ2v) is 5.45. The van der Waals surface area contributed by atoms with Crippen molar-refractivity contribution in [3.63, 3.8) is 0 Å². The quantitative estimate of drug-likeness (QED) is 0.286. The second-order valence-electron chi connectivity index (χ2n) is 5.45. The van der Waals surface area contributed by atoms with Crippen LogP contribution in [0.15, 0.2) is 64.6 Å². The Morgan fingerprint density at radius 3 is 2.00 bits per heavy atom. The highest BCUT2D eigenvalue weighted by molar-refractivity contribution is 6.25. The summed E-state index contributed by atoms with van der Waals surface area (Å²) in [5, 5.41) is 7.03. The number of benzene rings is 4. The van der Waals surface area contributed by atoms with Crippen molar-refractivity contribution in [2.45, 2.75) is 0 Å². The zero-order chi connectivity index (χ0) is 16.0. The molecule has 4 aromatic rings. The Morgan fingerprint density at radius 2 is 1.30 bits per heavy atom. The minimum absolute atomic E-state index is 0.0417.